The van der Waals surface area contributed by atoms with E-state index in [1.807, 2.05) is 0 Å². The highest BCUT2D eigenvalue weighted by atomic mass is 15.3. The second-order valence-electron chi connectivity index (χ2n) is 9.12. The fourth-order valence-electron chi connectivity index (χ4n) is 5.39. The van der Waals surface area contributed by atoms with Gasteiger partial charge < -0.3 is 0 Å². The van der Waals surface area contributed by atoms with Gasteiger partial charge in [0.1, 0.15) is 11.4 Å². The first-order valence-corrected chi connectivity index (χ1v) is 11.7. The van der Waals surface area contributed by atoms with Gasteiger partial charge in [-0.05, 0) is 49.9 Å². The zero-order valence-electron chi connectivity index (χ0n) is 19.9. The molecule has 0 amide bonds. The van der Waals surface area contributed by atoms with Gasteiger partial charge >= 0.3 is 0 Å². The van der Waals surface area contributed by atoms with Crippen LogP contribution in [0.25, 0.3) is 0 Å². The maximum Gasteiger partial charge on any atom is 0.245 e. The Bertz CT molecular complexity index is 1270. The Balaban J connectivity index is 1.81. The van der Waals surface area contributed by atoms with Gasteiger partial charge in [0, 0.05) is 11.1 Å². The van der Waals surface area contributed by atoms with E-state index in [1.54, 1.807) is 0 Å². The van der Waals surface area contributed by atoms with Crippen molar-refractivity contribution in [2.24, 2.45) is 0 Å². The maximum atomic E-state index is 2.50. The Morgan fingerprint density at radius 1 is 0.545 bits per heavy atom. The molecule has 2 atom stereocenters. The topological polar surface area (TPSA) is 6.25 Å². The van der Waals surface area contributed by atoms with Crippen molar-refractivity contribution in [3.05, 3.63) is 130 Å². The summed E-state index contributed by atoms with van der Waals surface area (Å²) in [6, 6.07) is 35.4. The first kappa shape index (κ1) is 21.2. The highest BCUT2D eigenvalue weighted by Gasteiger charge is 2.47. The first-order valence-electron chi connectivity index (χ1n) is 11.7. The molecule has 0 unspecified atom stereocenters. The zero-order chi connectivity index (χ0) is 22.9. The van der Waals surface area contributed by atoms with Gasteiger partial charge in [0.05, 0.1) is 0 Å². The van der Waals surface area contributed by atoms with Crippen LogP contribution in [0.15, 0.2) is 97.1 Å². The maximum absolute atomic E-state index is 2.50. The Labute approximate surface area is 197 Å². The first-order chi connectivity index (χ1) is 16.1. The molecule has 0 aliphatic carbocycles. The summed E-state index contributed by atoms with van der Waals surface area (Å²) in [5.74, 6) is 0. The third-order valence-corrected chi connectivity index (χ3v) is 6.82. The number of rotatable bonds is 4. The summed E-state index contributed by atoms with van der Waals surface area (Å²) >= 11 is 0. The molecule has 4 aromatic carbocycles. The molecule has 0 spiro atoms. The summed E-state index contributed by atoms with van der Waals surface area (Å²) in [6.45, 7) is 8.88. The van der Waals surface area contributed by atoms with E-state index in [9.17, 15) is 0 Å². The number of hydrogen-bond donors (Lipinski definition) is 0. The van der Waals surface area contributed by atoms with Crippen LogP contribution in [0, 0.1) is 27.7 Å². The number of hydrogen-bond acceptors (Lipinski definition) is 1. The predicted octanol–water partition coefficient (Wildman–Crippen LogP) is 7.60. The van der Waals surface area contributed by atoms with Crippen molar-refractivity contribution >= 4 is 17.7 Å². The predicted molar refractivity (Wildman–Crippen MR) is 139 cm³/mol. The van der Waals surface area contributed by atoms with Crippen LogP contribution >= 0.6 is 0 Å². The molecule has 2 nitrogen and oxygen atoms in total. The summed E-state index contributed by atoms with van der Waals surface area (Å²) in [6.07, 6.45) is 2.35. The number of benzene rings is 4. The molecular weight excluding hydrogens is 400 g/mol. The van der Waals surface area contributed by atoms with Crippen molar-refractivity contribution in [2.45, 2.75) is 39.8 Å². The standard InChI is InChI=1S/C31H31N2/c1-22-13-11-14-23(2)28(22)32-21-33(29-24(3)15-12-16-25(29)4)31(27-19-9-6-10-20-27)30(32)26-17-7-5-8-18-26/h5-21,30-31H,1-4H3/q+1/t30-,31-/m0/s1. The van der Waals surface area contributed by atoms with E-state index in [2.05, 4.69) is 141 Å². The molecule has 5 rings (SSSR count). The van der Waals surface area contributed by atoms with Gasteiger partial charge in [-0.25, -0.2) is 9.48 Å². The molecular formula is C31H31N2+. The van der Waals surface area contributed by atoms with E-state index < -0.39 is 0 Å². The molecule has 0 N–H and O–H groups in total. The quantitative estimate of drug-likeness (QED) is 0.302. The van der Waals surface area contributed by atoms with Gasteiger partial charge in [-0.1, -0.05) is 97.1 Å². The lowest BCUT2D eigenvalue weighted by Gasteiger charge is -2.26. The van der Waals surface area contributed by atoms with Crippen LogP contribution < -0.4 is 4.90 Å². The van der Waals surface area contributed by atoms with Crippen LogP contribution in [0.1, 0.15) is 45.5 Å². The Hall–Kier alpha value is -3.65. The van der Waals surface area contributed by atoms with E-state index >= 15 is 0 Å². The van der Waals surface area contributed by atoms with Crippen LogP contribution in [0.4, 0.5) is 11.4 Å². The van der Waals surface area contributed by atoms with Crippen LogP contribution in [0.5, 0.6) is 0 Å². The average Bonchev–Trinajstić information content (AvgIpc) is 3.19. The summed E-state index contributed by atoms with van der Waals surface area (Å²) in [7, 11) is 0. The van der Waals surface area contributed by atoms with Crippen LogP contribution in [-0.2, 0) is 0 Å². The van der Waals surface area contributed by atoms with E-state index in [0.29, 0.717) is 0 Å². The fraction of sp³-hybridized carbons (Fsp3) is 0.194. The number of aryl methyl sites for hydroxylation is 4. The third-order valence-electron chi connectivity index (χ3n) is 6.82. The van der Waals surface area contributed by atoms with Crippen molar-refractivity contribution in [2.75, 3.05) is 4.90 Å². The van der Waals surface area contributed by atoms with Gasteiger partial charge in [0.2, 0.25) is 6.34 Å². The van der Waals surface area contributed by atoms with Gasteiger partial charge in [0.15, 0.2) is 12.1 Å². The normalized spacial score (nSPS) is 17.8. The molecule has 4 aromatic rings. The molecule has 1 aliphatic heterocycles. The Morgan fingerprint density at radius 3 is 1.58 bits per heavy atom. The van der Waals surface area contributed by atoms with Crippen molar-refractivity contribution in [3.8, 4) is 0 Å². The van der Waals surface area contributed by atoms with Gasteiger partial charge in [-0.15, -0.1) is 0 Å². The van der Waals surface area contributed by atoms with Gasteiger partial charge in [-0.3, -0.25) is 0 Å². The second-order valence-corrected chi connectivity index (χ2v) is 9.12. The van der Waals surface area contributed by atoms with Crippen LogP contribution in [0.3, 0.4) is 0 Å². The Morgan fingerprint density at radius 2 is 1.03 bits per heavy atom. The molecule has 164 valence electrons. The van der Waals surface area contributed by atoms with E-state index in [1.165, 1.54) is 44.8 Å². The third kappa shape index (κ3) is 3.76. The lowest BCUT2D eigenvalue weighted by atomic mass is 9.91. The van der Waals surface area contributed by atoms with Gasteiger partial charge in [-0.2, -0.15) is 0 Å². The van der Waals surface area contributed by atoms with Crippen molar-refractivity contribution in [1.82, 2.24) is 0 Å². The molecule has 0 radical (unpaired) electrons. The number of nitrogens with zero attached hydrogens (tertiary/aromatic N) is 2. The van der Waals surface area contributed by atoms with Gasteiger partial charge in [0.25, 0.3) is 0 Å². The molecule has 0 bridgehead atoms. The summed E-state index contributed by atoms with van der Waals surface area (Å²) < 4.78 is 2.50. The number of anilines is 1. The van der Waals surface area contributed by atoms with Crippen molar-refractivity contribution in [3.63, 3.8) is 0 Å². The fourth-order valence-corrected chi connectivity index (χ4v) is 5.39. The van der Waals surface area contributed by atoms with Crippen LogP contribution in [-0.4, -0.2) is 10.9 Å². The SMILES string of the molecule is Cc1cccc(C)c1N1C=[N+](c2c(C)cccc2C)[C@@H](c2ccccc2)[C@@H]1c1ccccc1. The molecule has 33 heavy (non-hydrogen) atoms. The lowest BCUT2D eigenvalue weighted by Crippen LogP contribution is -2.27. The van der Waals surface area contributed by atoms with E-state index in [4.69, 9.17) is 0 Å². The van der Waals surface area contributed by atoms with Crippen molar-refractivity contribution in [1.29, 1.82) is 0 Å². The highest BCUT2D eigenvalue weighted by Crippen LogP contribution is 2.47. The minimum atomic E-state index is 0.146. The average molecular weight is 432 g/mol. The molecule has 0 fully saturated rings. The summed E-state index contributed by atoms with van der Waals surface area (Å²) in [4.78, 5) is 2.50. The van der Waals surface area contributed by atoms with Crippen LogP contribution in [0.2, 0.25) is 0 Å². The molecule has 2 heteroatoms. The highest BCUT2D eigenvalue weighted by molar-refractivity contribution is 5.84. The zero-order valence-corrected chi connectivity index (χ0v) is 19.9. The number of para-hydroxylation sites is 2. The smallest absolute Gasteiger partial charge is 0.221 e. The minimum Gasteiger partial charge on any atom is -0.221 e. The summed E-state index contributed by atoms with van der Waals surface area (Å²) in [5.41, 5.74) is 10.4. The largest absolute Gasteiger partial charge is 0.245 e. The monoisotopic (exact) mass is 431 g/mol. The molecule has 1 aliphatic rings. The Kier molecular flexibility index (Phi) is 5.60. The lowest BCUT2D eigenvalue weighted by molar-refractivity contribution is -0.482. The molecule has 1 heterocycles. The summed E-state index contributed by atoms with van der Waals surface area (Å²) in [5, 5.41) is 0. The molecule has 0 saturated carbocycles. The second kappa shape index (κ2) is 8.71. The van der Waals surface area contributed by atoms with E-state index in [-0.39, 0.29) is 12.1 Å². The molecule has 0 aromatic heterocycles. The molecule has 0 saturated heterocycles. The minimum absolute atomic E-state index is 0.146. The van der Waals surface area contributed by atoms with Crippen molar-refractivity contribution < 1.29 is 4.58 Å². The van der Waals surface area contributed by atoms with E-state index in [0.717, 1.165) is 0 Å².